The summed E-state index contributed by atoms with van der Waals surface area (Å²) in [6.07, 6.45) is 2.15. The van der Waals surface area contributed by atoms with Crippen LogP contribution in [0.25, 0.3) is 10.8 Å². The summed E-state index contributed by atoms with van der Waals surface area (Å²) in [4.78, 5) is 0. The van der Waals surface area contributed by atoms with Crippen molar-refractivity contribution in [1.29, 1.82) is 0 Å². The van der Waals surface area contributed by atoms with E-state index in [1.54, 1.807) is 0 Å². The molecule has 0 aliphatic carbocycles. The highest BCUT2D eigenvalue weighted by atomic mass is 16.5. The highest BCUT2D eigenvalue weighted by Crippen LogP contribution is 2.28. The number of unbranched alkanes of at least 4 members (excludes halogenated alkanes) is 1. The van der Waals surface area contributed by atoms with Gasteiger partial charge in [0.05, 0.1) is 13.2 Å². The van der Waals surface area contributed by atoms with Crippen molar-refractivity contribution in [2.75, 3.05) is 6.61 Å². The first kappa shape index (κ1) is 11.9. The first-order chi connectivity index (χ1) is 8.36. The van der Waals surface area contributed by atoms with Crippen LogP contribution in [0.4, 0.5) is 0 Å². The Bertz CT molecular complexity index is 491. The van der Waals surface area contributed by atoms with Gasteiger partial charge >= 0.3 is 0 Å². The standard InChI is InChI=1S/C15H18O2/c1-2-3-10-17-15-9-8-12-6-4-5-7-13(12)14(15)11-16/h4-9,16H,2-3,10-11H2,1H3. The van der Waals surface area contributed by atoms with Gasteiger partial charge < -0.3 is 9.84 Å². The predicted octanol–water partition coefficient (Wildman–Crippen LogP) is 3.51. The van der Waals surface area contributed by atoms with E-state index in [2.05, 4.69) is 6.92 Å². The molecule has 90 valence electrons. The minimum Gasteiger partial charge on any atom is -0.493 e. The van der Waals surface area contributed by atoms with Crippen LogP contribution in [0.2, 0.25) is 0 Å². The maximum Gasteiger partial charge on any atom is 0.125 e. The van der Waals surface area contributed by atoms with Crippen molar-refractivity contribution in [1.82, 2.24) is 0 Å². The Labute approximate surface area is 102 Å². The van der Waals surface area contributed by atoms with Gasteiger partial charge in [0.1, 0.15) is 5.75 Å². The molecule has 0 bridgehead atoms. The Morgan fingerprint density at radius 2 is 1.94 bits per heavy atom. The Morgan fingerprint density at radius 3 is 2.71 bits per heavy atom. The van der Waals surface area contributed by atoms with E-state index in [1.165, 1.54) is 0 Å². The van der Waals surface area contributed by atoms with Gasteiger partial charge in [0.2, 0.25) is 0 Å². The number of rotatable bonds is 5. The fraction of sp³-hybridized carbons (Fsp3) is 0.333. The molecule has 0 saturated carbocycles. The van der Waals surface area contributed by atoms with Crippen LogP contribution in [0.5, 0.6) is 5.75 Å². The number of aliphatic hydroxyl groups excluding tert-OH is 1. The van der Waals surface area contributed by atoms with E-state index in [-0.39, 0.29) is 6.61 Å². The lowest BCUT2D eigenvalue weighted by molar-refractivity contribution is 0.263. The van der Waals surface area contributed by atoms with E-state index in [1.807, 2.05) is 36.4 Å². The molecule has 0 aliphatic rings. The average molecular weight is 230 g/mol. The molecule has 2 aromatic rings. The summed E-state index contributed by atoms with van der Waals surface area (Å²) in [7, 11) is 0. The molecule has 2 aromatic carbocycles. The van der Waals surface area contributed by atoms with Crippen LogP contribution in [0, 0.1) is 0 Å². The smallest absolute Gasteiger partial charge is 0.125 e. The summed E-state index contributed by atoms with van der Waals surface area (Å²) in [5, 5.41) is 11.7. The van der Waals surface area contributed by atoms with Gasteiger partial charge in [-0.25, -0.2) is 0 Å². The van der Waals surface area contributed by atoms with Gasteiger partial charge in [0.25, 0.3) is 0 Å². The van der Waals surface area contributed by atoms with Crippen LogP contribution in [-0.2, 0) is 6.61 Å². The lowest BCUT2D eigenvalue weighted by Gasteiger charge is -2.12. The van der Waals surface area contributed by atoms with Crippen LogP contribution in [0.15, 0.2) is 36.4 Å². The number of ether oxygens (including phenoxy) is 1. The lowest BCUT2D eigenvalue weighted by Crippen LogP contribution is -2.00. The summed E-state index contributed by atoms with van der Waals surface area (Å²) < 4.78 is 5.72. The summed E-state index contributed by atoms with van der Waals surface area (Å²) in [5.74, 6) is 0.805. The zero-order valence-corrected chi connectivity index (χ0v) is 10.1. The normalized spacial score (nSPS) is 10.7. The highest BCUT2D eigenvalue weighted by Gasteiger charge is 2.07. The van der Waals surface area contributed by atoms with E-state index in [0.29, 0.717) is 6.61 Å². The van der Waals surface area contributed by atoms with Crippen molar-refractivity contribution in [2.24, 2.45) is 0 Å². The van der Waals surface area contributed by atoms with Gasteiger partial charge in [-0.05, 0) is 23.3 Å². The minimum atomic E-state index is 0.0167. The van der Waals surface area contributed by atoms with Gasteiger partial charge in [-0.1, -0.05) is 43.7 Å². The zero-order valence-electron chi connectivity index (χ0n) is 10.1. The van der Waals surface area contributed by atoms with Crippen molar-refractivity contribution in [3.8, 4) is 5.75 Å². The summed E-state index contributed by atoms with van der Waals surface area (Å²) in [6, 6.07) is 12.0. The number of hydrogen-bond donors (Lipinski definition) is 1. The van der Waals surface area contributed by atoms with Crippen molar-refractivity contribution >= 4 is 10.8 Å². The van der Waals surface area contributed by atoms with Crippen molar-refractivity contribution < 1.29 is 9.84 Å². The van der Waals surface area contributed by atoms with Crippen LogP contribution in [0.1, 0.15) is 25.3 Å². The van der Waals surface area contributed by atoms with Crippen molar-refractivity contribution in [3.05, 3.63) is 42.0 Å². The van der Waals surface area contributed by atoms with Gasteiger partial charge in [0.15, 0.2) is 0 Å². The van der Waals surface area contributed by atoms with E-state index in [4.69, 9.17) is 4.74 Å². The molecule has 0 aliphatic heterocycles. The van der Waals surface area contributed by atoms with E-state index >= 15 is 0 Å². The molecule has 0 atom stereocenters. The van der Waals surface area contributed by atoms with Crippen LogP contribution >= 0.6 is 0 Å². The van der Waals surface area contributed by atoms with Crippen LogP contribution < -0.4 is 4.74 Å². The molecule has 1 N–H and O–H groups in total. The number of benzene rings is 2. The number of aliphatic hydroxyl groups is 1. The van der Waals surface area contributed by atoms with Gasteiger partial charge in [-0.15, -0.1) is 0 Å². The second-order valence-corrected chi connectivity index (χ2v) is 4.12. The van der Waals surface area contributed by atoms with Crippen LogP contribution in [-0.4, -0.2) is 11.7 Å². The molecule has 0 fully saturated rings. The molecule has 0 unspecified atom stereocenters. The Hall–Kier alpha value is -1.54. The first-order valence-corrected chi connectivity index (χ1v) is 6.11. The van der Waals surface area contributed by atoms with E-state index in [9.17, 15) is 5.11 Å². The summed E-state index contributed by atoms with van der Waals surface area (Å²) in [6.45, 7) is 2.86. The lowest BCUT2D eigenvalue weighted by atomic mass is 10.0. The Balaban J connectivity index is 2.35. The highest BCUT2D eigenvalue weighted by molar-refractivity contribution is 5.87. The maximum atomic E-state index is 9.49. The topological polar surface area (TPSA) is 29.5 Å². The van der Waals surface area contributed by atoms with Gasteiger partial charge in [-0.3, -0.25) is 0 Å². The van der Waals surface area contributed by atoms with E-state index in [0.717, 1.165) is 34.9 Å². The Kier molecular flexibility index (Phi) is 3.99. The fourth-order valence-corrected chi connectivity index (χ4v) is 1.94. The number of hydrogen-bond acceptors (Lipinski definition) is 2. The molecular formula is C15H18O2. The second kappa shape index (κ2) is 5.69. The molecule has 0 aromatic heterocycles. The molecule has 2 nitrogen and oxygen atoms in total. The van der Waals surface area contributed by atoms with Gasteiger partial charge in [0, 0.05) is 5.56 Å². The molecular weight excluding hydrogens is 212 g/mol. The zero-order chi connectivity index (χ0) is 12.1. The quantitative estimate of drug-likeness (QED) is 0.796. The SMILES string of the molecule is CCCCOc1ccc2ccccc2c1CO. The largest absolute Gasteiger partial charge is 0.493 e. The minimum absolute atomic E-state index is 0.0167. The average Bonchev–Trinajstić information content (AvgIpc) is 2.38. The van der Waals surface area contributed by atoms with Crippen molar-refractivity contribution in [3.63, 3.8) is 0 Å². The second-order valence-electron chi connectivity index (χ2n) is 4.12. The molecule has 0 radical (unpaired) electrons. The van der Waals surface area contributed by atoms with Crippen LogP contribution in [0.3, 0.4) is 0 Å². The van der Waals surface area contributed by atoms with Crippen molar-refractivity contribution in [2.45, 2.75) is 26.4 Å². The Morgan fingerprint density at radius 1 is 1.12 bits per heavy atom. The fourth-order valence-electron chi connectivity index (χ4n) is 1.94. The first-order valence-electron chi connectivity index (χ1n) is 6.11. The third-order valence-corrected chi connectivity index (χ3v) is 2.91. The molecule has 2 heteroatoms. The third-order valence-electron chi connectivity index (χ3n) is 2.91. The predicted molar refractivity (Wildman–Crippen MR) is 70.3 cm³/mol. The summed E-state index contributed by atoms with van der Waals surface area (Å²) in [5.41, 5.74) is 0.888. The maximum absolute atomic E-state index is 9.49. The molecule has 0 saturated heterocycles. The van der Waals surface area contributed by atoms with E-state index < -0.39 is 0 Å². The summed E-state index contributed by atoms with van der Waals surface area (Å²) >= 11 is 0. The molecule has 0 amide bonds. The monoisotopic (exact) mass is 230 g/mol. The number of fused-ring (bicyclic) bond motifs is 1. The molecule has 0 heterocycles. The molecule has 0 spiro atoms. The molecule has 17 heavy (non-hydrogen) atoms. The molecule has 2 rings (SSSR count). The third kappa shape index (κ3) is 2.59. The van der Waals surface area contributed by atoms with Gasteiger partial charge in [-0.2, -0.15) is 0 Å².